The molecule has 1 aliphatic carbocycles. The fourth-order valence-electron chi connectivity index (χ4n) is 4.36. The molecule has 1 aliphatic rings. The van der Waals surface area contributed by atoms with Gasteiger partial charge in [-0.1, -0.05) is 0 Å². The van der Waals surface area contributed by atoms with Crippen molar-refractivity contribution >= 4 is 11.5 Å². The molecule has 1 saturated carbocycles. The van der Waals surface area contributed by atoms with E-state index in [-0.39, 0.29) is 6.04 Å². The molecular formula is C23H31N5O2. The highest BCUT2D eigenvalue weighted by molar-refractivity contribution is 5.81. The lowest BCUT2D eigenvalue weighted by Gasteiger charge is -2.32. The summed E-state index contributed by atoms with van der Waals surface area (Å²) >= 11 is 0. The lowest BCUT2D eigenvalue weighted by atomic mass is 9.78. The summed E-state index contributed by atoms with van der Waals surface area (Å²) in [6.45, 7) is 6.56. The summed E-state index contributed by atoms with van der Waals surface area (Å²) in [4.78, 5) is 8.90. The van der Waals surface area contributed by atoms with Crippen molar-refractivity contribution in [1.82, 2.24) is 19.6 Å². The summed E-state index contributed by atoms with van der Waals surface area (Å²) in [5.41, 5.74) is 4.81. The molecular weight excluding hydrogens is 378 g/mol. The number of aromatic nitrogens is 4. The van der Waals surface area contributed by atoms with Gasteiger partial charge >= 0.3 is 0 Å². The Labute approximate surface area is 177 Å². The smallest absolute Gasteiger partial charge is 0.241 e. The van der Waals surface area contributed by atoms with Gasteiger partial charge in [-0.2, -0.15) is 0 Å². The van der Waals surface area contributed by atoms with Gasteiger partial charge in [0.15, 0.2) is 0 Å². The fourth-order valence-corrected chi connectivity index (χ4v) is 4.36. The number of hydrogen-bond donors (Lipinski definition) is 2. The summed E-state index contributed by atoms with van der Waals surface area (Å²) < 4.78 is 7.25. The molecule has 2 N–H and O–H groups in total. The van der Waals surface area contributed by atoms with Gasteiger partial charge in [-0.05, 0) is 70.2 Å². The Bertz CT molecular complexity index is 1020. The van der Waals surface area contributed by atoms with Crippen LogP contribution in [0.2, 0.25) is 0 Å². The van der Waals surface area contributed by atoms with Crippen LogP contribution < -0.4 is 5.32 Å². The lowest BCUT2D eigenvalue weighted by molar-refractivity contribution is 0.0167. The topological polar surface area (TPSA) is 84.6 Å². The first kappa shape index (κ1) is 20.8. The number of methoxy groups -OCH3 is 1. The Morgan fingerprint density at radius 3 is 2.77 bits per heavy atom. The number of pyridine rings is 1. The van der Waals surface area contributed by atoms with E-state index in [1.165, 1.54) is 5.69 Å². The second kappa shape index (κ2) is 8.32. The summed E-state index contributed by atoms with van der Waals surface area (Å²) in [6, 6.07) is 6.48. The van der Waals surface area contributed by atoms with Crippen molar-refractivity contribution in [3.63, 3.8) is 0 Å². The maximum atomic E-state index is 10.4. The van der Waals surface area contributed by atoms with Gasteiger partial charge in [0.25, 0.3) is 0 Å². The van der Waals surface area contributed by atoms with Gasteiger partial charge in [-0.25, -0.2) is 9.50 Å². The van der Waals surface area contributed by atoms with Crippen LogP contribution in [0.25, 0.3) is 16.6 Å². The molecule has 1 fully saturated rings. The minimum Gasteiger partial charge on any atom is -0.390 e. The van der Waals surface area contributed by atoms with E-state index in [1.807, 2.05) is 43.7 Å². The molecule has 160 valence electrons. The number of nitrogens with zero attached hydrogens (tertiary/aromatic N) is 4. The van der Waals surface area contributed by atoms with Crippen LogP contribution in [0.1, 0.15) is 56.8 Å². The van der Waals surface area contributed by atoms with E-state index < -0.39 is 5.60 Å². The third-order valence-corrected chi connectivity index (χ3v) is 6.03. The van der Waals surface area contributed by atoms with Gasteiger partial charge in [0.05, 0.1) is 23.9 Å². The van der Waals surface area contributed by atoms with E-state index in [9.17, 15) is 5.11 Å². The predicted molar refractivity (Wildman–Crippen MR) is 118 cm³/mol. The van der Waals surface area contributed by atoms with E-state index in [4.69, 9.17) is 9.84 Å². The second-order valence-electron chi connectivity index (χ2n) is 8.82. The number of rotatable bonds is 6. The van der Waals surface area contributed by atoms with Crippen LogP contribution in [0, 0.1) is 6.92 Å². The average molecular weight is 410 g/mol. The van der Waals surface area contributed by atoms with Crippen molar-refractivity contribution in [2.75, 3.05) is 19.0 Å². The summed E-state index contributed by atoms with van der Waals surface area (Å²) in [5, 5.41) is 18.6. The number of fused-ring (bicyclic) bond motifs is 1. The van der Waals surface area contributed by atoms with Crippen molar-refractivity contribution < 1.29 is 9.84 Å². The Kier molecular flexibility index (Phi) is 5.75. The number of ether oxygens (including phenoxy) is 1. The van der Waals surface area contributed by atoms with Gasteiger partial charge in [0.2, 0.25) is 5.95 Å². The molecule has 0 radical (unpaired) electrons. The SMILES string of the molecule is COC[C@H](C)Nc1ncc2c(-c3ccnc(C)c3)cc([C@H]3CC[C@](C)(O)CC3)n2n1. The van der Waals surface area contributed by atoms with Crippen LogP contribution in [0.3, 0.4) is 0 Å². The summed E-state index contributed by atoms with van der Waals surface area (Å²) in [6.07, 6.45) is 7.23. The molecule has 7 nitrogen and oxygen atoms in total. The summed E-state index contributed by atoms with van der Waals surface area (Å²) in [5.74, 6) is 0.942. The van der Waals surface area contributed by atoms with Crippen LogP contribution in [0.5, 0.6) is 0 Å². The Morgan fingerprint density at radius 1 is 1.30 bits per heavy atom. The van der Waals surface area contributed by atoms with Crippen molar-refractivity contribution in [3.05, 3.63) is 42.0 Å². The van der Waals surface area contributed by atoms with Crippen molar-refractivity contribution in [2.24, 2.45) is 0 Å². The Balaban J connectivity index is 1.77. The largest absolute Gasteiger partial charge is 0.390 e. The number of nitrogens with one attached hydrogen (secondary N) is 1. The third kappa shape index (κ3) is 4.32. The molecule has 3 heterocycles. The zero-order chi connectivity index (χ0) is 21.3. The Hall–Kier alpha value is -2.51. The van der Waals surface area contributed by atoms with Crippen molar-refractivity contribution in [1.29, 1.82) is 0 Å². The molecule has 0 amide bonds. The van der Waals surface area contributed by atoms with Crippen LogP contribution >= 0.6 is 0 Å². The zero-order valence-corrected chi connectivity index (χ0v) is 18.2. The van der Waals surface area contributed by atoms with E-state index in [0.29, 0.717) is 18.5 Å². The van der Waals surface area contributed by atoms with E-state index in [1.54, 1.807) is 7.11 Å². The predicted octanol–water partition coefficient (Wildman–Crippen LogP) is 3.96. The molecule has 3 aromatic rings. The first-order valence-corrected chi connectivity index (χ1v) is 10.7. The molecule has 4 rings (SSSR count). The molecule has 7 heteroatoms. The van der Waals surface area contributed by atoms with Gasteiger partial charge < -0.3 is 15.2 Å². The average Bonchev–Trinajstić information content (AvgIpc) is 3.07. The maximum Gasteiger partial charge on any atom is 0.241 e. The zero-order valence-electron chi connectivity index (χ0n) is 18.2. The number of aryl methyl sites for hydroxylation is 1. The molecule has 0 aromatic carbocycles. The Morgan fingerprint density at radius 2 is 2.07 bits per heavy atom. The van der Waals surface area contributed by atoms with Crippen LogP contribution in [-0.2, 0) is 4.74 Å². The fraction of sp³-hybridized carbons (Fsp3) is 0.522. The number of hydrogen-bond acceptors (Lipinski definition) is 6. The normalized spacial score (nSPS) is 22.9. The molecule has 0 spiro atoms. The van der Waals surface area contributed by atoms with Gasteiger partial charge in [0, 0.05) is 42.2 Å². The van der Waals surface area contributed by atoms with Crippen molar-refractivity contribution in [3.8, 4) is 11.1 Å². The highest BCUT2D eigenvalue weighted by atomic mass is 16.5. The van der Waals surface area contributed by atoms with E-state index in [0.717, 1.165) is 48.0 Å². The van der Waals surface area contributed by atoms with Gasteiger partial charge in [-0.15, -0.1) is 5.10 Å². The maximum absolute atomic E-state index is 10.4. The highest BCUT2D eigenvalue weighted by Crippen LogP contribution is 2.40. The van der Waals surface area contributed by atoms with Crippen LogP contribution in [0.15, 0.2) is 30.6 Å². The molecule has 0 saturated heterocycles. The monoisotopic (exact) mass is 409 g/mol. The van der Waals surface area contributed by atoms with Crippen LogP contribution in [-0.4, -0.2) is 50.0 Å². The minimum atomic E-state index is -0.564. The first-order chi connectivity index (χ1) is 14.4. The molecule has 0 unspecified atom stereocenters. The molecule has 0 aliphatic heterocycles. The van der Waals surface area contributed by atoms with Gasteiger partial charge in [0.1, 0.15) is 0 Å². The summed E-state index contributed by atoms with van der Waals surface area (Å²) in [7, 11) is 1.69. The molecule has 1 atom stereocenters. The van der Waals surface area contributed by atoms with Crippen LogP contribution in [0.4, 0.5) is 5.95 Å². The standard InChI is InChI=1S/C23H31N5O2/c1-15-11-18(7-10-24-15)19-12-20(17-5-8-23(3,29)9-6-17)28-21(19)13-25-22(27-28)26-16(2)14-30-4/h7,10-13,16-17,29H,5-6,8-9,14H2,1-4H3,(H,26,27)/t16-,17-,23-/m0/s1. The molecule has 30 heavy (non-hydrogen) atoms. The van der Waals surface area contributed by atoms with E-state index >= 15 is 0 Å². The highest BCUT2D eigenvalue weighted by Gasteiger charge is 2.31. The quantitative estimate of drug-likeness (QED) is 0.641. The second-order valence-corrected chi connectivity index (χ2v) is 8.82. The third-order valence-electron chi connectivity index (χ3n) is 6.03. The first-order valence-electron chi connectivity index (χ1n) is 10.7. The molecule has 3 aromatic heterocycles. The molecule has 0 bridgehead atoms. The number of aliphatic hydroxyl groups is 1. The van der Waals surface area contributed by atoms with E-state index in [2.05, 4.69) is 27.4 Å². The van der Waals surface area contributed by atoms with Crippen molar-refractivity contribution in [2.45, 2.75) is 64.0 Å². The minimum absolute atomic E-state index is 0.110. The lowest BCUT2D eigenvalue weighted by Crippen LogP contribution is -2.30. The number of anilines is 1. The van der Waals surface area contributed by atoms with Gasteiger partial charge in [-0.3, -0.25) is 4.98 Å².